The molecule has 1 aromatic heterocycles. The molecule has 0 atom stereocenters. The topological polar surface area (TPSA) is 68.0 Å². The molecule has 4 nitrogen and oxygen atoms in total. The lowest BCUT2D eigenvalue weighted by Crippen LogP contribution is -2.17. The minimum atomic E-state index is -0.214. The Balaban J connectivity index is 2.27. The molecule has 2 rings (SSSR count). The average molecular weight is 271 g/mol. The van der Waals surface area contributed by atoms with Crippen LogP contribution in [0.3, 0.4) is 0 Å². The van der Waals surface area contributed by atoms with Gasteiger partial charge in [-0.15, -0.1) is 0 Å². The number of hydrogen-bond acceptors (Lipinski definition) is 3. The van der Waals surface area contributed by atoms with Crippen LogP contribution in [0.4, 0.5) is 5.69 Å². The Morgan fingerprint density at radius 1 is 1.32 bits per heavy atom. The van der Waals surface area contributed by atoms with Crippen molar-refractivity contribution < 1.29 is 4.79 Å². The van der Waals surface area contributed by atoms with Crippen LogP contribution in [0, 0.1) is 6.92 Å². The van der Waals surface area contributed by atoms with Gasteiger partial charge in [-0.1, -0.05) is 24.4 Å². The van der Waals surface area contributed by atoms with Gasteiger partial charge in [0.1, 0.15) is 4.99 Å². The molecule has 1 aromatic carbocycles. The summed E-state index contributed by atoms with van der Waals surface area (Å²) in [4.78, 5) is 16.4. The van der Waals surface area contributed by atoms with Gasteiger partial charge in [-0.25, -0.2) is 0 Å². The SMILES string of the molecule is Cc1cc(C(=O)Nc2ccccc2C(N)=S)ccn1. The van der Waals surface area contributed by atoms with Crippen molar-refractivity contribution in [1.82, 2.24) is 4.98 Å². The third kappa shape index (κ3) is 3.14. The number of carbonyl (C=O) groups is 1. The average Bonchev–Trinajstić information content (AvgIpc) is 2.39. The molecule has 0 saturated carbocycles. The van der Waals surface area contributed by atoms with Gasteiger partial charge < -0.3 is 11.1 Å². The monoisotopic (exact) mass is 271 g/mol. The van der Waals surface area contributed by atoms with Gasteiger partial charge in [0.25, 0.3) is 5.91 Å². The molecule has 3 N–H and O–H groups in total. The van der Waals surface area contributed by atoms with Crippen LogP contribution >= 0.6 is 12.2 Å². The van der Waals surface area contributed by atoms with E-state index in [1.165, 1.54) is 0 Å². The molecule has 0 bridgehead atoms. The lowest BCUT2D eigenvalue weighted by atomic mass is 10.1. The molecule has 0 saturated heterocycles. The molecule has 1 heterocycles. The van der Waals surface area contributed by atoms with Gasteiger partial charge in [-0.3, -0.25) is 9.78 Å². The van der Waals surface area contributed by atoms with E-state index >= 15 is 0 Å². The molecule has 2 aromatic rings. The molecule has 19 heavy (non-hydrogen) atoms. The zero-order chi connectivity index (χ0) is 13.8. The van der Waals surface area contributed by atoms with Gasteiger partial charge in [0.2, 0.25) is 0 Å². The third-order valence-corrected chi connectivity index (χ3v) is 2.82. The maximum absolute atomic E-state index is 12.1. The molecule has 0 aliphatic heterocycles. The Hall–Kier alpha value is -2.27. The van der Waals surface area contributed by atoms with E-state index in [1.807, 2.05) is 19.1 Å². The molecule has 96 valence electrons. The number of rotatable bonds is 3. The first-order valence-electron chi connectivity index (χ1n) is 5.71. The van der Waals surface area contributed by atoms with E-state index < -0.39 is 0 Å². The number of pyridine rings is 1. The predicted molar refractivity (Wildman–Crippen MR) is 79.3 cm³/mol. The lowest BCUT2D eigenvalue weighted by Gasteiger charge is -2.10. The fourth-order valence-electron chi connectivity index (χ4n) is 1.69. The summed E-state index contributed by atoms with van der Waals surface area (Å²) in [6, 6.07) is 10.6. The van der Waals surface area contributed by atoms with Gasteiger partial charge in [0.05, 0.1) is 5.69 Å². The molecule has 0 aliphatic carbocycles. The maximum Gasteiger partial charge on any atom is 0.255 e. The first kappa shape index (κ1) is 13.2. The fourth-order valence-corrected chi connectivity index (χ4v) is 1.87. The predicted octanol–water partition coefficient (Wildman–Crippen LogP) is 2.28. The largest absolute Gasteiger partial charge is 0.389 e. The molecule has 1 amide bonds. The van der Waals surface area contributed by atoms with E-state index in [0.29, 0.717) is 16.8 Å². The van der Waals surface area contributed by atoms with Gasteiger partial charge >= 0.3 is 0 Å². The molecule has 0 radical (unpaired) electrons. The Bertz CT molecular complexity index is 640. The van der Waals surface area contributed by atoms with E-state index in [-0.39, 0.29) is 10.9 Å². The highest BCUT2D eigenvalue weighted by atomic mass is 32.1. The summed E-state index contributed by atoms with van der Waals surface area (Å²) < 4.78 is 0. The lowest BCUT2D eigenvalue weighted by molar-refractivity contribution is 0.102. The summed E-state index contributed by atoms with van der Waals surface area (Å²) in [5.41, 5.74) is 8.21. The normalized spacial score (nSPS) is 9.95. The Morgan fingerprint density at radius 3 is 2.74 bits per heavy atom. The number of anilines is 1. The highest BCUT2D eigenvalue weighted by molar-refractivity contribution is 7.80. The number of hydrogen-bond donors (Lipinski definition) is 2. The Labute approximate surface area is 116 Å². The first-order chi connectivity index (χ1) is 9.08. The van der Waals surface area contributed by atoms with Gasteiger partial charge in [-0.05, 0) is 31.2 Å². The number of carbonyl (C=O) groups excluding carboxylic acids is 1. The number of para-hydroxylation sites is 1. The first-order valence-corrected chi connectivity index (χ1v) is 6.11. The summed E-state index contributed by atoms with van der Waals surface area (Å²) in [6.45, 7) is 1.83. The van der Waals surface area contributed by atoms with E-state index in [4.69, 9.17) is 18.0 Å². The molecule has 5 heteroatoms. The second-order valence-corrected chi connectivity index (χ2v) is 4.49. The molecular formula is C14H13N3OS. The number of nitrogens with zero attached hydrogens (tertiary/aromatic N) is 1. The molecule has 0 spiro atoms. The number of thiocarbonyl (C=S) groups is 1. The Morgan fingerprint density at radius 2 is 2.05 bits per heavy atom. The van der Waals surface area contributed by atoms with Crippen LogP contribution in [0.2, 0.25) is 0 Å². The number of benzene rings is 1. The van der Waals surface area contributed by atoms with Gasteiger partial charge in [0, 0.05) is 23.0 Å². The summed E-state index contributed by atoms with van der Waals surface area (Å²) in [5, 5.41) is 2.80. The molecular weight excluding hydrogens is 258 g/mol. The highest BCUT2D eigenvalue weighted by Gasteiger charge is 2.10. The second-order valence-electron chi connectivity index (χ2n) is 4.05. The number of nitrogens with one attached hydrogen (secondary N) is 1. The van der Waals surface area contributed by atoms with Crippen molar-refractivity contribution in [2.45, 2.75) is 6.92 Å². The number of aryl methyl sites for hydroxylation is 1. The van der Waals surface area contributed by atoms with Gasteiger partial charge in [-0.2, -0.15) is 0 Å². The van der Waals surface area contributed by atoms with Crippen molar-refractivity contribution in [1.29, 1.82) is 0 Å². The minimum Gasteiger partial charge on any atom is -0.389 e. The highest BCUT2D eigenvalue weighted by Crippen LogP contribution is 2.16. The van der Waals surface area contributed by atoms with Crippen LogP contribution in [-0.2, 0) is 0 Å². The maximum atomic E-state index is 12.1. The van der Waals surface area contributed by atoms with Crippen molar-refractivity contribution in [3.05, 3.63) is 59.4 Å². The van der Waals surface area contributed by atoms with E-state index in [2.05, 4.69) is 10.3 Å². The van der Waals surface area contributed by atoms with Crippen LogP contribution < -0.4 is 11.1 Å². The zero-order valence-electron chi connectivity index (χ0n) is 10.4. The van der Waals surface area contributed by atoms with Crippen molar-refractivity contribution in [2.75, 3.05) is 5.32 Å². The van der Waals surface area contributed by atoms with E-state index in [0.717, 1.165) is 5.69 Å². The third-order valence-electron chi connectivity index (χ3n) is 2.60. The van der Waals surface area contributed by atoms with Crippen molar-refractivity contribution in [3.63, 3.8) is 0 Å². The smallest absolute Gasteiger partial charge is 0.255 e. The zero-order valence-corrected chi connectivity index (χ0v) is 11.2. The standard InChI is InChI=1S/C14H13N3OS/c1-9-8-10(6-7-16-9)14(18)17-12-5-3-2-4-11(12)13(15)19/h2-8H,1H3,(H2,15,19)(H,17,18). The Kier molecular flexibility index (Phi) is 3.87. The molecule has 0 unspecified atom stereocenters. The fraction of sp³-hybridized carbons (Fsp3) is 0.0714. The minimum absolute atomic E-state index is 0.214. The van der Waals surface area contributed by atoms with Crippen LogP contribution in [0.25, 0.3) is 0 Å². The van der Waals surface area contributed by atoms with Crippen LogP contribution in [0.1, 0.15) is 21.6 Å². The number of amides is 1. The summed E-state index contributed by atoms with van der Waals surface area (Å²) in [7, 11) is 0. The number of nitrogens with two attached hydrogens (primary N) is 1. The quantitative estimate of drug-likeness (QED) is 0.840. The summed E-state index contributed by atoms with van der Waals surface area (Å²) in [6.07, 6.45) is 1.60. The van der Waals surface area contributed by atoms with Crippen molar-refractivity contribution >= 4 is 28.8 Å². The van der Waals surface area contributed by atoms with Crippen molar-refractivity contribution in [3.8, 4) is 0 Å². The summed E-state index contributed by atoms with van der Waals surface area (Å²) >= 11 is 4.96. The molecule has 0 fully saturated rings. The van der Waals surface area contributed by atoms with Crippen LogP contribution in [0.15, 0.2) is 42.6 Å². The summed E-state index contributed by atoms with van der Waals surface area (Å²) in [5.74, 6) is -0.214. The van der Waals surface area contributed by atoms with E-state index in [9.17, 15) is 4.79 Å². The van der Waals surface area contributed by atoms with Gasteiger partial charge in [0.15, 0.2) is 0 Å². The second kappa shape index (κ2) is 5.58. The van der Waals surface area contributed by atoms with Crippen LogP contribution in [-0.4, -0.2) is 15.9 Å². The van der Waals surface area contributed by atoms with E-state index in [1.54, 1.807) is 30.5 Å². The van der Waals surface area contributed by atoms with Crippen molar-refractivity contribution in [2.24, 2.45) is 5.73 Å². The van der Waals surface area contributed by atoms with Crippen LogP contribution in [0.5, 0.6) is 0 Å². The number of aromatic nitrogens is 1. The molecule has 0 aliphatic rings.